The van der Waals surface area contributed by atoms with Crippen molar-refractivity contribution in [2.75, 3.05) is 13.6 Å². The second-order valence-electron chi connectivity index (χ2n) is 8.97. The number of hydrogen-bond donors (Lipinski definition) is 0. The molecule has 0 amide bonds. The predicted molar refractivity (Wildman–Crippen MR) is 86.4 cm³/mol. The Morgan fingerprint density at radius 2 is 1.62 bits per heavy atom. The highest BCUT2D eigenvalue weighted by Crippen LogP contribution is 2.41. The molecule has 1 heterocycles. The van der Waals surface area contributed by atoms with Crippen molar-refractivity contribution in [1.29, 1.82) is 0 Å². The van der Waals surface area contributed by atoms with E-state index in [1.54, 1.807) is 0 Å². The predicted octanol–water partition coefficient (Wildman–Crippen LogP) is 3.66. The molecule has 21 heavy (non-hydrogen) atoms. The van der Waals surface area contributed by atoms with E-state index < -0.39 is 5.60 Å². The van der Waals surface area contributed by atoms with E-state index in [0.717, 1.165) is 6.54 Å². The minimum atomic E-state index is -0.635. The van der Waals surface area contributed by atoms with E-state index in [1.165, 1.54) is 25.7 Å². The minimum Gasteiger partial charge on any atom is -0.361 e. The third-order valence-corrected chi connectivity index (χ3v) is 5.67. The van der Waals surface area contributed by atoms with Gasteiger partial charge in [-0.05, 0) is 65.8 Å². The van der Waals surface area contributed by atoms with Gasteiger partial charge < -0.3 is 9.64 Å². The zero-order chi connectivity index (χ0) is 16.1. The van der Waals surface area contributed by atoms with Crippen LogP contribution in [0, 0.1) is 11.3 Å². The zero-order valence-electron chi connectivity index (χ0n) is 15.0. The standard InChI is InChI=1S/C18H33NO2/c1-16(2)10-8-13(9-11-16)19(7)12-14-15(20)18(5,6)21-17(14,3)4/h13-14H,8-12H2,1-7H3. The molecule has 3 nitrogen and oxygen atoms in total. The number of nitrogens with zero attached hydrogens (tertiary/aromatic N) is 1. The number of Topliss-reactive ketones (excluding diaryl/α,β-unsaturated/α-hetero) is 1. The highest BCUT2D eigenvalue weighted by molar-refractivity contribution is 5.91. The lowest BCUT2D eigenvalue weighted by Crippen LogP contribution is -2.45. The summed E-state index contributed by atoms with van der Waals surface area (Å²) in [6.45, 7) is 13.5. The van der Waals surface area contributed by atoms with Crippen molar-refractivity contribution in [1.82, 2.24) is 4.90 Å². The number of hydrogen-bond acceptors (Lipinski definition) is 3. The number of carbonyl (C=O) groups is 1. The maximum atomic E-state index is 12.6. The molecule has 0 aromatic carbocycles. The monoisotopic (exact) mass is 295 g/mol. The van der Waals surface area contributed by atoms with Gasteiger partial charge in [-0.3, -0.25) is 4.79 Å². The van der Waals surface area contributed by atoms with Crippen LogP contribution in [0.1, 0.15) is 67.2 Å². The highest BCUT2D eigenvalue weighted by Gasteiger charge is 2.53. The second-order valence-corrected chi connectivity index (χ2v) is 8.97. The number of ether oxygens (including phenoxy) is 1. The summed E-state index contributed by atoms with van der Waals surface area (Å²) in [5.74, 6) is 0.239. The van der Waals surface area contributed by atoms with E-state index in [-0.39, 0.29) is 17.3 Å². The molecule has 0 aromatic rings. The molecule has 1 saturated carbocycles. The molecule has 1 aliphatic heterocycles. The van der Waals surface area contributed by atoms with Gasteiger partial charge in [-0.15, -0.1) is 0 Å². The van der Waals surface area contributed by atoms with Gasteiger partial charge in [-0.25, -0.2) is 0 Å². The van der Waals surface area contributed by atoms with E-state index in [0.29, 0.717) is 11.5 Å². The highest BCUT2D eigenvalue weighted by atomic mass is 16.5. The van der Waals surface area contributed by atoms with Gasteiger partial charge in [-0.2, -0.15) is 0 Å². The van der Waals surface area contributed by atoms with Crippen LogP contribution in [0.3, 0.4) is 0 Å². The van der Waals surface area contributed by atoms with Gasteiger partial charge in [0.25, 0.3) is 0 Å². The smallest absolute Gasteiger partial charge is 0.171 e. The Morgan fingerprint density at radius 3 is 2.05 bits per heavy atom. The van der Waals surface area contributed by atoms with Crippen LogP contribution in [-0.4, -0.2) is 41.5 Å². The van der Waals surface area contributed by atoms with E-state index in [2.05, 4.69) is 39.6 Å². The summed E-state index contributed by atoms with van der Waals surface area (Å²) in [6.07, 6.45) is 5.06. The van der Waals surface area contributed by atoms with Crippen molar-refractivity contribution in [2.45, 2.75) is 84.5 Å². The lowest BCUT2D eigenvalue weighted by molar-refractivity contribution is -0.132. The van der Waals surface area contributed by atoms with Gasteiger partial charge >= 0.3 is 0 Å². The molecule has 2 fully saturated rings. The quantitative estimate of drug-likeness (QED) is 0.796. The van der Waals surface area contributed by atoms with Crippen molar-refractivity contribution in [3.05, 3.63) is 0 Å². The Balaban J connectivity index is 2.00. The van der Waals surface area contributed by atoms with E-state index in [1.807, 2.05) is 13.8 Å². The van der Waals surface area contributed by atoms with E-state index >= 15 is 0 Å². The largest absolute Gasteiger partial charge is 0.361 e. The van der Waals surface area contributed by atoms with Gasteiger partial charge in [0.15, 0.2) is 5.78 Å². The van der Waals surface area contributed by atoms with Gasteiger partial charge in [0.05, 0.1) is 11.5 Å². The summed E-state index contributed by atoms with van der Waals surface area (Å²) in [5.41, 5.74) is -0.503. The molecule has 0 bridgehead atoms. The number of ketones is 1. The summed E-state index contributed by atoms with van der Waals surface area (Å²) < 4.78 is 6.01. The molecule has 2 aliphatic rings. The molecule has 122 valence electrons. The van der Waals surface area contributed by atoms with Crippen LogP contribution in [0.4, 0.5) is 0 Å². The number of rotatable bonds is 3. The van der Waals surface area contributed by atoms with Gasteiger partial charge in [0.1, 0.15) is 5.60 Å². The van der Waals surface area contributed by atoms with Gasteiger partial charge in [-0.1, -0.05) is 13.8 Å². The van der Waals surface area contributed by atoms with Crippen molar-refractivity contribution < 1.29 is 9.53 Å². The fourth-order valence-corrected chi connectivity index (χ4v) is 4.08. The molecule has 1 atom stereocenters. The van der Waals surface area contributed by atoms with Crippen molar-refractivity contribution in [3.63, 3.8) is 0 Å². The molecule has 1 saturated heterocycles. The number of carbonyl (C=O) groups excluding carboxylic acids is 1. The first kappa shape index (κ1) is 17.0. The Bertz CT molecular complexity index is 401. The second kappa shape index (κ2) is 5.34. The topological polar surface area (TPSA) is 29.5 Å². The Hall–Kier alpha value is -0.410. The third kappa shape index (κ3) is 3.50. The minimum absolute atomic E-state index is 0.0209. The average molecular weight is 295 g/mol. The van der Waals surface area contributed by atoms with Crippen LogP contribution >= 0.6 is 0 Å². The lowest BCUT2D eigenvalue weighted by atomic mass is 9.75. The molecule has 3 heteroatoms. The van der Waals surface area contributed by atoms with Crippen LogP contribution in [-0.2, 0) is 9.53 Å². The Morgan fingerprint density at radius 1 is 1.10 bits per heavy atom. The third-order valence-electron chi connectivity index (χ3n) is 5.67. The van der Waals surface area contributed by atoms with Crippen molar-refractivity contribution in [2.24, 2.45) is 11.3 Å². The van der Waals surface area contributed by atoms with Crippen molar-refractivity contribution in [3.8, 4) is 0 Å². The summed E-state index contributed by atoms with van der Waals surface area (Å²) in [4.78, 5) is 15.0. The molecule has 0 N–H and O–H groups in total. The molecule has 1 unspecified atom stereocenters. The van der Waals surface area contributed by atoms with Crippen LogP contribution in [0.15, 0.2) is 0 Å². The van der Waals surface area contributed by atoms with Crippen LogP contribution in [0.5, 0.6) is 0 Å². The molecule has 0 aromatic heterocycles. The first-order valence-electron chi connectivity index (χ1n) is 8.39. The summed E-state index contributed by atoms with van der Waals surface area (Å²) in [7, 11) is 2.18. The normalized spacial score (nSPS) is 31.8. The Labute approximate surface area is 130 Å². The van der Waals surface area contributed by atoms with Crippen LogP contribution in [0.2, 0.25) is 0 Å². The van der Waals surface area contributed by atoms with E-state index in [9.17, 15) is 4.79 Å². The van der Waals surface area contributed by atoms with Gasteiger partial charge in [0.2, 0.25) is 0 Å². The molecule has 1 aliphatic carbocycles. The van der Waals surface area contributed by atoms with Crippen LogP contribution in [0.25, 0.3) is 0 Å². The first-order valence-corrected chi connectivity index (χ1v) is 8.39. The molecule has 0 radical (unpaired) electrons. The molecular weight excluding hydrogens is 262 g/mol. The first-order chi connectivity index (χ1) is 9.45. The molecule has 2 rings (SSSR count). The summed E-state index contributed by atoms with van der Waals surface area (Å²) >= 11 is 0. The van der Waals surface area contributed by atoms with Gasteiger partial charge in [0, 0.05) is 12.6 Å². The molecular formula is C18H33NO2. The lowest BCUT2D eigenvalue weighted by Gasteiger charge is -2.40. The Kier molecular flexibility index (Phi) is 4.31. The fraction of sp³-hybridized carbons (Fsp3) is 0.944. The fourth-order valence-electron chi connectivity index (χ4n) is 4.08. The average Bonchev–Trinajstić information content (AvgIpc) is 2.47. The van der Waals surface area contributed by atoms with Crippen molar-refractivity contribution >= 4 is 5.78 Å². The maximum Gasteiger partial charge on any atom is 0.171 e. The molecule has 0 spiro atoms. The van der Waals surface area contributed by atoms with E-state index in [4.69, 9.17) is 4.74 Å². The maximum absolute atomic E-state index is 12.6. The summed E-state index contributed by atoms with van der Waals surface area (Å²) in [6, 6.07) is 0.616. The SMILES string of the molecule is CN(CC1C(=O)C(C)(C)OC1(C)C)C1CCC(C)(C)CC1. The summed E-state index contributed by atoms with van der Waals surface area (Å²) in [5, 5.41) is 0. The zero-order valence-corrected chi connectivity index (χ0v) is 15.0. The van der Waals surface area contributed by atoms with Crippen LogP contribution < -0.4 is 0 Å².